The van der Waals surface area contributed by atoms with Crippen molar-refractivity contribution in [2.24, 2.45) is 5.92 Å². The van der Waals surface area contributed by atoms with Gasteiger partial charge in [0.25, 0.3) is 12.4 Å². The van der Waals surface area contributed by atoms with Gasteiger partial charge >= 0.3 is 0 Å². The van der Waals surface area contributed by atoms with Gasteiger partial charge in [0.1, 0.15) is 11.9 Å². The van der Waals surface area contributed by atoms with Crippen LogP contribution in [0.25, 0.3) is 10.6 Å². The molecule has 5 rings (SSSR count). The summed E-state index contributed by atoms with van der Waals surface area (Å²) in [6.07, 6.45) is 10.6. The zero-order valence-electron chi connectivity index (χ0n) is 21.9. The molecule has 194 valence electrons. The van der Waals surface area contributed by atoms with Gasteiger partial charge in [-0.3, -0.25) is 9.59 Å². The second-order valence-corrected chi connectivity index (χ2v) is 13.3. The van der Waals surface area contributed by atoms with E-state index < -0.39 is 0 Å². The third kappa shape index (κ3) is 5.48. The number of carbonyl (C=O) groups excluding carboxylic acids is 2. The topological polar surface area (TPSA) is 94.1 Å². The van der Waals surface area contributed by atoms with Crippen LogP contribution in [0.5, 0.6) is 0 Å². The number of rotatable bonds is 8. The zero-order valence-corrected chi connectivity index (χ0v) is 22.7. The van der Waals surface area contributed by atoms with Gasteiger partial charge in [0.15, 0.2) is 5.01 Å². The molecule has 2 heterocycles. The molecule has 3 aliphatic carbocycles. The van der Waals surface area contributed by atoms with Crippen LogP contribution < -0.4 is 5.32 Å². The average molecular weight is 511 g/mol. The van der Waals surface area contributed by atoms with Gasteiger partial charge in [-0.25, -0.2) is 15.0 Å². The van der Waals surface area contributed by atoms with E-state index in [1.165, 1.54) is 43.4 Å². The Bertz CT molecular complexity index is 1100. The molecule has 8 heteroatoms. The van der Waals surface area contributed by atoms with Crippen LogP contribution in [0.2, 0.25) is 0 Å². The summed E-state index contributed by atoms with van der Waals surface area (Å²) in [4.78, 5) is 39.7. The maximum Gasteiger partial charge on any atom is 0.293 e. The van der Waals surface area contributed by atoms with Crippen molar-refractivity contribution >= 4 is 23.7 Å². The van der Waals surface area contributed by atoms with Crippen LogP contribution in [0.15, 0.2) is 6.07 Å². The summed E-state index contributed by atoms with van der Waals surface area (Å²) >= 11 is 1.46. The quantitative estimate of drug-likeness (QED) is 0.471. The van der Waals surface area contributed by atoms with Crippen LogP contribution in [0.4, 0.5) is 0 Å². The van der Waals surface area contributed by atoms with Crippen molar-refractivity contribution in [1.29, 1.82) is 0 Å². The highest BCUT2D eigenvalue weighted by Gasteiger charge is 2.43. The van der Waals surface area contributed by atoms with E-state index in [0.29, 0.717) is 30.2 Å². The molecule has 3 fully saturated rings. The van der Waals surface area contributed by atoms with Crippen LogP contribution in [-0.2, 0) is 26.8 Å². The first-order valence-electron chi connectivity index (χ1n) is 13.4. The maximum absolute atomic E-state index is 13.2. The third-order valence-electron chi connectivity index (χ3n) is 8.04. The molecule has 1 N–H and O–H groups in total. The highest BCUT2D eigenvalue weighted by Crippen LogP contribution is 2.47. The molecular formula is C28H38N4O3S. The maximum atomic E-state index is 13.2. The molecule has 0 bridgehead atoms. The molecule has 0 aromatic carbocycles. The normalized spacial score (nSPS) is 23.6. The van der Waals surface area contributed by atoms with Crippen LogP contribution in [0.1, 0.15) is 112 Å². The number of carbonyl (C=O) groups is 2. The number of nitrogens with zero attached hydrogens (tertiary/aromatic N) is 3. The number of aromatic nitrogens is 3. The molecule has 0 saturated heterocycles. The number of amides is 1. The van der Waals surface area contributed by atoms with Crippen LogP contribution in [0.3, 0.4) is 0 Å². The Morgan fingerprint density at radius 3 is 2.53 bits per heavy atom. The van der Waals surface area contributed by atoms with E-state index in [9.17, 15) is 9.59 Å². The first-order valence-corrected chi connectivity index (χ1v) is 14.3. The Hall–Kier alpha value is -2.35. The summed E-state index contributed by atoms with van der Waals surface area (Å²) < 4.78 is 4.98. The molecule has 2 aromatic heterocycles. The monoisotopic (exact) mass is 510 g/mol. The highest BCUT2D eigenvalue weighted by molar-refractivity contribution is 7.17. The average Bonchev–Trinajstić information content (AvgIpc) is 3.44. The molecule has 3 aliphatic rings. The lowest BCUT2D eigenvalue weighted by Crippen LogP contribution is -2.47. The molecular weight excluding hydrogens is 472 g/mol. The lowest BCUT2D eigenvalue weighted by Gasteiger charge is -2.33. The van der Waals surface area contributed by atoms with E-state index >= 15 is 0 Å². The molecule has 3 saturated carbocycles. The van der Waals surface area contributed by atoms with Crippen LogP contribution in [0, 0.1) is 5.92 Å². The Kier molecular flexibility index (Phi) is 6.92. The number of hydrogen-bond acceptors (Lipinski definition) is 7. The van der Waals surface area contributed by atoms with Gasteiger partial charge in [0.2, 0.25) is 0 Å². The van der Waals surface area contributed by atoms with Gasteiger partial charge in [-0.05, 0) is 31.2 Å². The van der Waals surface area contributed by atoms with Gasteiger partial charge in [0, 0.05) is 29.7 Å². The molecule has 0 atom stereocenters. The van der Waals surface area contributed by atoms with Gasteiger partial charge in [-0.1, -0.05) is 59.8 Å². The first-order chi connectivity index (χ1) is 17.1. The molecule has 1 amide bonds. The van der Waals surface area contributed by atoms with E-state index in [1.54, 1.807) is 0 Å². The second kappa shape index (κ2) is 9.84. The summed E-state index contributed by atoms with van der Waals surface area (Å²) in [5, 5.41) is 3.57. The predicted molar refractivity (Wildman–Crippen MR) is 140 cm³/mol. The Morgan fingerprint density at radius 1 is 1.17 bits per heavy atom. The van der Waals surface area contributed by atoms with Crippen molar-refractivity contribution in [3.8, 4) is 10.6 Å². The zero-order chi connectivity index (χ0) is 25.5. The molecule has 2 aromatic rings. The van der Waals surface area contributed by atoms with Gasteiger partial charge < -0.3 is 10.1 Å². The third-order valence-corrected chi connectivity index (χ3v) is 9.16. The van der Waals surface area contributed by atoms with Crippen LogP contribution >= 0.6 is 11.3 Å². The summed E-state index contributed by atoms with van der Waals surface area (Å²) in [7, 11) is 0. The fourth-order valence-electron chi connectivity index (χ4n) is 5.20. The fourth-order valence-corrected chi connectivity index (χ4v) is 6.16. The highest BCUT2D eigenvalue weighted by atomic mass is 32.1. The fraction of sp³-hybridized carbons (Fsp3) is 0.679. The van der Waals surface area contributed by atoms with Gasteiger partial charge in [0.05, 0.1) is 22.0 Å². The van der Waals surface area contributed by atoms with Crippen molar-refractivity contribution < 1.29 is 14.3 Å². The van der Waals surface area contributed by atoms with Crippen molar-refractivity contribution in [3.05, 3.63) is 28.3 Å². The predicted octanol–water partition coefficient (Wildman–Crippen LogP) is 5.51. The SMILES string of the molecule is CC(C)(C)c1cc(-c2sc(C(=O)NC3CC(OC=O)C3)nc2CC2CCCCC2)nc(C2(C)CC2)n1. The van der Waals surface area contributed by atoms with Crippen molar-refractivity contribution in [2.75, 3.05) is 0 Å². The van der Waals surface area contributed by atoms with Gasteiger partial charge in [-0.2, -0.15) is 0 Å². The minimum atomic E-state index is -0.148. The van der Waals surface area contributed by atoms with Crippen molar-refractivity contribution in [2.45, 2.75) is 115 Å². The second-order valence-electron chi connectivity index (χ2n) is 12.3. The minimum absolute atomic E-state index is 0.0181. The Morgan fingerprint density at radius 2 is 1.89 bits per heavy atom. The van der Waals surface area contributed by atoms with E-state index in [1.807, 2.05) is 0 Å². The molecule has 36 heavy (non-hydrogen) atoms. The van der Waals surface area contributed by atoms with E-state index in [-0.39, 0.29) is 28.9 Å². The Balaban J connectivity index is 1.47. The largest absolute Gasteiger partial charge is 0.464 e. The molecule has 0 radical (unpaired) electrons. The summed E-state index contributed by atoms with van der Waals surface area (Å²) in [6.45, 7) is 9.29. The minimum Gasteiger partial charge on any atom is -0.464 e. The van der Waals surface area contributed by atoms with Crippen molar-refractivity contribution in [3.63, 3.8) is 0 Å². The smallest absolute Gasteiger partial charge is 0.293 e. The lowest BCUT2D eigenvalue weighted by atomic mass is 9.85. The molecule has 7 nitrogen and oxygen atoms in total. The Labute approximate surface area is 217 Å². The molecule has 0 spiro atoms. The van der Waals surface area contributed by atoms with Crippen LogP contribution in [-0.4, -0.2) is 39.5 Å². The van der Waals surface area contributed by atoms with E-state index in [2.05, 4.69) is 39.1 Å². The summed E-state index contributed by atoms with van der Waals surface area (Å²) in [6, 6.07) is 2.13. The van der Waals surface area contributed by atoms with Gasteiger partial charge in [-0.15, -0.1) is 11.3 Å². The van der Waals surface area contributed by atoms with E-state index in [4.69, 9.17) is 19.7 Å². The van der Waals surface area contributed by atoms with E-state index in [0.717, 1.165) is 47.0 Å². The number of hydrogen-bond donors (Lipinski definition) is 1. The summed E-state index contributed by atoms with van der Waals surface area (Å²) in [5.74, 6) is 1.38. The molecule has 0 unspecified atom stereocenters. The summed E-state index contributed by atoms with van der Waals surface area (Å²) in [5.41, 5.74) is 2.89. The number of nitrogens with one attached hydrogen (secondary N) is 1. The number of ether oxygens (including phenoxy) is 1. The first kappa shape index (κ1) is 25.3. The lowest BCUT2D eigenvalue weighted by molar-refractivity contribution is -0.138. The molecule has 0 aliphatic heterocycles. The number of thiazole rings is 1. The van der Waals surface area contributed by atoms with Crippen molar-refractivity contribution in [1.82, 2.24) is 20.3 Å². The standard InChI is InChI=1S/C28H38N4O3S/c1-27(2,3)22-15-21(31-26(32-22)28(4)10-11-28)23-20(12-17-8-6-5-7-9-17)30-25(36-23)24(34)29-18-13-19(14-18)35-16-33/h15-19H,5-14H2,1-4H3,(H,29,34).